The zero-order chi connectivity index (χ0) is 17.2. The van der Waals surface area contributed by atoms with Crippen LogP contribution in [0.1, 0.15) is 44.6 Å². The van der Waals surface area contributed by atoms with Crippen LogP contribution in [0.5, 0.6) is 0 Å². The minimum atomic E-state index is -0.0443. The van der Waals surface area contributed by atoms with Gasteiger partial charge in [0.2, 0.25) is 0 Å². The number of carbonyl (C=O) groups is 1. The summed E-state index contributed by atoms with van der Waals surface area (Å²) in [5.74, 6) is 1.45. The summed E-state index contributed by atoms with van der Waals surface area (Å²) in [7, 11) is 0. The molecule has 0 bridgehead atoms. The van der Waals surface area contributed by atoms with Crippen molar-refractivity contribution in [2.45, 2.75) is 55.3 Å². The van der Waals surface area contributed by atoms with Crippen LogP contribution in [0, 0.1) is 5.92 Å². The number of hydrogen-bond acceptors (Lipinski definition) is 5. The first-order valence-electron chi connectivity index (χ1n) is 9.10. The lowest BCUT2D eigenvalue weighted by atomic mass is 9.99. The molecule has 1 N–H and O–H groups in total. The molecule has 0 spiro atoms. The van der Waals surface area contributed by atoms with Gasteiger partial charge in [-0.15, -0.1) is 11.8 Å². The van der Waals surface area contributed by atoms with Crippen LogP contribution in [-0.4, -0.2) is 33.1 Å². The smallest absolute Gasteiger partial charge is 0.257 e. The Morgan fingerprint density at radius 2 is 2.24 bits per heavy atom. The molecule has 4 rings (SSSR count). The van der Waals surface area contributed by atoms with Crippen molar-refractivity contribution in [3.05, 3.63) is 30.0 Å². The number of nitrogens with zero attached hydrogens (tertiary/aromatic N) is 2. The molecule has 0 saturated heterocycles. The molecule has 3 aliphatic rings. The number of rotatable bonds is 5. The molecule has 4 nitrogen and oxygen atoms in total. The maximum absolute atomic E-state index is 12.9. The summed E-state index contributed by atoms with van der Waals surface area (Å²) in [5.41, 5.74) is 1.65. The Morgan fingerprint density at radius 1 is 1.40 bits per heavy atom. The molecular weight excluding hydrogens is 350 g/mol. The van der Waals surface area contributed by atoms with Crippen molar-refractivity contribution in [1.29, 1.82) is 0 Å². The average Bonchev–Trinajstić information content (AvgIpc) is 3.01. The van der Waals surface area contributed by atoms with Crippen molar-refractivity contribution in [2.75, 3.05) is 5.75 Å². The number of aromatic nitrogens is 1. The fourth-order valence-electron chi connectivity index (χ4n) is 3.41. The van der Waals surface area contributed by atoms with Gasteiger partial charge in [0, 0.05) is 22.6 Å². The van der Waals surface area contributed by atoms with E-state index in [1.165, 1.54) is 25.7 Å². The molecular formula is C19H23N3OS2. The number of nitrogens with one attached hydrogen (secondary N) is 1. The van der Waals surface area contributed by atoms with Gasteiger partial charge >= 0.3 is 0 Å². The van der Waals surface area contributed by atoms with Gasteiger partial charge in [0.15, 0.2) is 5.17 Å². The van der Waals surface area contributed by atoms with Gasteiger partial charge in [0.25, 0.3) is 5.91 Å². The molecule has 132 valence electrons. The Morgan fingerprint density at radius 3 is 2.88 bits per heavy atom. The number of pyridine rings is 1. The van der Waals surface area contributed by atoms with Crippen molar-refractivity contribution in [3.8, 4) is 0 Å². The highest BCUT2D eigenvalue weighted by Crippen LogP contribution is 2.43. The fraction of sp³-hybridized carbons (Fsp3) is 0.526. The van der Waals surface area contributed by atoms with Crippen molar-refractivity contribution in [3.63, 3.8) is 0 Å². The summed E-state index contributed by atoms with van der Waals surface area (Å²) < 4.78 is 0. The van der Waals surface area contributed by atoms with E-state index in [0.717, 1.165) is 33.5 Å². The quantitative estimate of drug-likeness (QED) is 0.623. The zero-order valence-corrected chi connectivity index (χ0v) is 16.0. The third-order valence-corrected chi connectivity index (χ3v) is 6.92. The van der Waals surface area contributed by atoms with Crippen LogP contribution < -0.4 is 5.32 Å². The monoisotopic (exact) mass is 373 g/mol. The Bertz CT molecular complexity index is 708. The first-order chi connectivity index (χ1) is 12.2. The van der Waals surface area contributed by atoms with Crippen molar-refractivity contribution >= 4 is 40.2 Å². The van der Waals surface area contributed by atoms with Crippen molar-refractivity contribution in [2.24, 2.45) is 10.9 Å². The average molecular weight is 374 g/mol. The molecule has 1 amide bonds. The predicted molar refractivity (Wildman–Crippen MR) is 106 cm³/mol. The summed E-state index contributed by atoms with van der Waals surface area (Å²) >= 11 is 3.42. The normalized spacial score (nSPS) is 25.6. The summed E-state index contributed by atoms with van der Waals surface area (Å²) in [6, 6.07) is 4.47. The van der Waals surface area contributed by atoms with Gasteiger partial charge < -0.3 is 5.32 Å². The molecule has 1 aliphatic heterocycles. The number of fused-ring (bicyclic) bond motifs is 1. The second kappa shape index (κ2) is 7.54. The Balaban J connectivity index is 1.54. The Kier molecular flexibility index (Phi) is 5.17. The Labute approximate surface area is 157 Å². The van der Waals surface area contributed by atoms with Crippen LogP contribution in [0.3, 0.4) is 0 Å². The van der Waals surface area contributed by atoms with E-state index in [9.17, 15) is 4.79 Å². The molecule has 2 heterocycles. The topological polar surface area (TPSA) is 54.4 Å². The van der Waals surface area contributed by atoms with Crippen LogP contribution in [0.2, 0.25) is 0 Å². The zero-order valence-electron chi connectivity index (χ0n) is 14.4. The lowest BCUT2D eigenvalue weighted by Crippen LogP contribution is -2.29. The van der Waals surface area contributed by atoms with Crippen LogP contribution >= 0.6 is 23.5 Å². The second-order valence-corrected chi connectivity index (χ2v) is 9.30. The number of carbonyl (C=O) groups excluding carboxylic acids is 1. The Hall–Kier alpha value is -1.27. The van der Waals surface area contributed by atoms with Gasteiger partial charge in [-0.3, -0.25) is 9.79 Å². The maximum atomic E-state index is 12.9. The maximum Gasteiger partial charge on any atom is 0.257 e. The van der Waals surface area contributed by atoms with Crippen LogP contribution in [-0.2, 0) is 4.79 Å². The first kappa shape index (κ1) is 17.2. The van der Waals surface area contributed by atoms with E-state index in [-0.39, 0.29) is 5.91 Å². The summed E-state index contributed by atoms with van der Waals surface area (Å²) in [4.78, 5) is 22.0. The number of amides is 1. The van der Waals surface area contributed by atoms with Gasteiger partial charge in [-0.2, -0.15) is 0 Å². The van der Waals surface area contributed by atoms with Gasteiger partial charge in [-0.25, -0.2) is 4.98 Å². The lowest BCUT2D eigenvalue weighted by Gasteiger charge is -2.12. The number of aliphatic imine (C=N–C) groups is 1. The van der Waals surface area contributed by atoms with Crippen LogP contribution in [0.25, 0.3) is 5.57 Å². The minimum Gasteiger partial charge on any atom is -0.301 e. The molecule has 0 aromatic carbocycles. The second-order valence-electron chi connectivity index (χ2n) is 6.79. The number of allylic oxidation sites excluding steroid dienone is 1. The molecule has 2 saturated carbocycles. The highest BCUT2D eigenvalue weighted by atomic mass is 32.2. The highest BCUT2D eigenvalue weighted by molar-refractivity contribution is 8.15. The van der Waals surface area contributed by atoms with E-state index in [1.54, 1.807) is 23.5 Å². The SMILES string of the molecule is CCSc1ccc(/C(=C\C2CCCC2)C(=O)NC2=NC3CC3S2)cn1. The molecule has 2 fully saturated rings. The molecule has 2 unspecified atom stereocenters. The molecule has 2 aliphatic carbocycles. The standard InChI is InChI=1S/C19H23N3OS2/c1-2-24-17-8-7-13(11-20-17)14(9-12-5-3-4-6-12)18(23)22-19-21-15-10-16(15)25-19/h7-9,11-12,15-16H,2-6,10H2,1H3,(H,21,22,23)/b14-9+. The minimum absolute atomic E-state index is 0.0443. The van der Waals surface area contributed by atoms with Crippen molar-refractivity contribution in [1.82, 2.24) is 10.3 Å². The summed E-state index contributed by atoms with van der Waals surface area (Å²) in [6.45, 7) is 2.11. The van der Waals surface area contributed by atoms with Gasteiger partial charge in [0.1, 0.15) is 0 Å². The van der Waals surface area contributed by atoms with Crippen molar-refractivity contribution < 1.29 is 4.79 Å². The molecule has 1 aromatic heterocycles. The predicted octanol–water partition coefficient (Wildman–Crippen LogP) is 4.13. The fourth-order valence-corrected chi connectivity index (χ4v) is 5.14. The lowest BCUT2D eigenvalue weighted by molar-refractivity contribution is -0.114. The van der Waals surface area contributed by atoms with E-state index in [4.69, 9.17) is 0 Å². The molecule has 6 heteroatoms. The molecule has 25 heavy (non-hydrogen) atoms. The molecule has 2 atom stereocenters. The van der Waals surface area contributed by atoms with E-state index in [0.29, 0.717) is 17.2 Å². The van der Waals surface area contributed by atoms with E-state index >= 15 is 0 Å². The van der Waals surface area contributed by atoms with E-state index < -0.39 is 0 Å². The number of hydrogen-bond donors (Lipinski definition) is 1. The van der Waals surface area contributed by atoms with Gasteiger partial charge in [-0.1, -0.05) is 37.6 Å². The van der Waals surface area contributed by atoms with E-state index in [1.807, 2.05) is 18.3 Å². The summed E-state index contributed by atoms with van der Waals surface area (Å²) in [6.07, 6.45) is 10.0. The molecule has 1 aromatic rings. The number of amidine groups is 1. The largest absolute Gasteiger partial charge is 0.301 e. The highest BCUT2D eigenvalue weighted by Gasteiger charge is 2.44. The van der Waals surface area contributed by atoms with Gasteiger partial charge in [-0.05, 0) is 43.1 Å². The molecule has 0 radical (unpaired) electrons. The van der Waals surface area contributed by atoms with Crippen LogP contribution in [0.4, 0.5) is 0 Å². The first-order valence-corrected chi connectivity index (χ1v) is 11.0. The van der Waals surface area contributed by atoms with Crippen LogP contribution in [0.15, 0.2) is 34.4 Å². The third-order valence-electron chi connectivity index (χ3n) is 4.85. The van der Waals surface area contributed by atoms with Gasteiger partial charge in [0.05, 0.1) is 11.1 Å². The number of thioether (sulfide) groups is 2. The third kappa shape index (κ3) is 4.11. The van der Waals surface area contributed by atoms with E-state index in [2.05, 4.69) is 28.3 Å². The summed E-state index contributed by atoms with van der Waals surface area (Å²) in [5, 5.41) is 5.42.